The molecule has 0 aliphatic heterocycles. The van der Waals surface area contributed by atoms with Crippen LogP contribution in [0.2, 0.25) is 0 Å². The van der Waals surface area contributed by atoms with Crippen molar-refractivity contribution in [1.82, 2.24) is 4.90 Å². The minimum absolute atomic E-state index is 0.230. The number of benzene rings is 1. The van der Waals surface area contributed by atoms with Crippen molar-refractivity contribution in [1.29, 1.82) is 0 Å². The van der Waals surface area contributed by atoms with Gasteiger partial charge in [0.2, 0.25) is 0 Å². The predicted molar refractivity (Wildman–Crippen MR) is 91.0 cm³/mol. The van der Waals surface area contributed by atoms with Crippen molar-refractivity contribution in [3.63, 3.8) is 0 Å². The summed E-state index contributed by atoms with van der Waals surface area (Å²) in [4.78, 5) is 14.7. The topological polar surface area (TPSA) is 20.3 Å². The molecular formula is C19H31NO. The fourth-order valence-electron chi connectivity index (χ4n) is 2.83. The summed E-state index contributed by atoms with van der Waals surface area (Å²) >= 11 is 0. The Kier molecular flexibility index (Phi) is 7.10. The van der Waals surface area contributed by atoms with Gasteiger partial charge in [-0.25, -0.2) is 0 Å². The Labute approximate surface area is 130 Å². The number of carbonyl (C=O) groups excluding carboxylic acids is 1. The molecular weight excluding hydrogens is 258 g/mol. The third kappa shape index (κ3) is 6.01. The molecule has 0 aliphatic rings. The molecule has 118 valence electrons. The highest BCUT2D eigenvalue weighted by atomic mass is 16.1. The number of rotatable bonds is 9. The van der Waals surface area contributed by atoms with Gasteiger partial charge in [0.25, 0.3) is 0 Å². The van der Waals surface area contributed by atoms with Crippen LogP contribution in [0.25, 0.3) is 0 Å². The lowest BCUT2D eigenvalue weighted by molar-refractivity contribution is 0.0797. The summed E-state index contributed by atoms with van der Waals surface area (Å²) in [7, 11) is 4.02. The number of unbranched alkanes of at least 4 members (excludes halogenated alkanes) is 3. The van der Waals surface area contributed by atoms with Gasteiger partial charge in [0.1, 0.15) is 0 Å². The largest absolute Gasteiger partial charge is 0.308 e. The summed E-state index contributed by atoms with van der Waals surface area (Å²) in [6.07, 6.45) is 6.25. The van der Waals surface area contributed by atoms with Crippen molar-refractivity contribution in [3.8, 4) is 0 Å². The van der Waals surface area contributed by atoms with E-state index in [9.17, 15) is 4.79 Å². The van der Waals surface area contributed by atoms with Crippen molar-refractivity contribution < 1.29 is 4.79 Å². The Hall–Kier alpha value is -1.15. The molecule has 0 amide bonds. The van der Waals surface area contributed by atoms with E-state index >= 15 is 0 Å². The van der Waals surface area contributed by atoms with Crippen LogP contribution >= 0.6 is 0 Å². The second-order valence-electron chi connectivity index (χ2n) is 6.96. The minimum atomic E-state index is -0.341. The number of nitrogens with zero attached hydrogens (tertiary/aromatic N) is 1. The second-order valence-corrected chi connectivity index (χ2v) is 6.96. The summed E-state index contributed by atoms with van der Waals surface area (Å²) in [5.74, 6) is 0.230. The van der Waals surface area contributed by atoms with Gasteiger partial charge in [0.15, 0.2) is 5.78 Å². The molecule has 21 heavy (non-hydrogen) atoms. The maximum absolute atomic E-state index is 12.6. The van der Waals surface area contributed by atoms with E-state index in [4.69, 9.17) is 0 Å². The molecule has 0 N–H and O–H groups in total. The van der Waals surface area contributed by atoms with Crippen molar-refractivity contribution in [2.45, 2.75) is 52.9 Å². The fraction of sp³-hybridized carbons (Fsp3) is 0.632. The number of carbonyl (C=O) groups is 1. The van der Waals surface area contributed by atoms with Crippen LogP contribution in [0.4, 0.5) is 0 Å². The van der Waals surface area contributed by atoms with Gasteiger partial charge in [-0.2, -0.15) is 0 Å². The Morgan fingerprint density at radius 1 is 1.05 bits per heavy atom. The van der Waals surface area contributed by atoms with Crippen molar-refractivity contribution >= 4 is 5.78 Å². The van der Waals surface area contributed by atoms with Gasteiger partial charge in [0.05, 0.1) is 0 Å². The molecule has 0 aliphatic carbocycles. The van der Waals surface area contributed by atoms with Gasteiger partial charge in [-0.05, 0) is 32.5 Å². The van der Waals surface area contributed by atoms with Gasteiger partial charge in [0, 0.05) is 17.5 Å². The number of Topliss-reactive ketones (excluding diaryl/α,β-unsaturated/α-hetero) is 1. The van der Waals surface area contributed by atoms with Crippen LogP contribution in [0, 0.1) is 5.41 Å². The van der Waals surface area contributed by atoms with Crippen LogP contribution in [-0.4, -0.2) is 31.3 Å². The monoisotopic (exact) mass is 289 g/mol. The molecule has 0 radical (unpaired) electrons. The average molecular weight is 289 g/mol. The summed E-state index contributed by atoms with van der Waals surface area (Å²) < 4.78 is 0. The molecule has 2 nitrogen and oxygen atoms in total. The van der Waals surface area contributed by atoms with Crippen LogP contribution in [0.15, 0.2) is 24.3 Å². The van der Waals surface area contributed by atoms with E-state index in [1.54, 1.807) is 0 Å². The molecule has 0 fully saturated rings. The van der Waals surface area contributed by atoms with Gasteiger partial charge in [-0.3, -0.25) is 4.79 Å². The lowest BCUT2D eigenvalue weighted by atomic mass is 9.83. The Bertz CT molecular complexity index is 431. The molecule has 2 heteroatoms. The Morgan fingerprint density at radius 3 is 2.19 bits per heavy atom. The lowest BCUT2D eigenvalue weighted by Gasteiger charge is -2.26. The molecule has 0 bridgehead atoms. The van der Waals surface area contributed by atoms with Crippen molar-refractivity contribution in [2.24, 2.45) is 5.41 Å². The summed E-state index contributed by atoms with van der Waals surface area (Å²) in [5.41, 5.74) is 1.83. The van der Waals surface area contributed by atoms with E-state index in [1.165, 1.54) is 31.2 Å². The fourth-order valence-corrected chi connectivity index (χ4v) is 2.83. The highest BCUT2D eigenvalue weighted by Crippen LogP contribution is 2.23. The zero-order chi connectivity index (χ0) is 15.9. The van der Waals surface area contributed by atoms with Gasteiger partial charge >= 0.3 is 0 Å². The van der Waals surface area contributed by atoms with Crippen molar-refractivity contribution in [2.75, 3.05) is 20.6 Å². The normalized spacial score (nSPS) is 11.9. The molecule has 0 heterocycles. The minimum Gasteiger partial charge on any atom is -0.308 e. The molecule has 1 aromatic carbocycles. The zero-order valence-corrected chi connectivity index (χ0v) is 14.4. The SMILES string of the molecule is CCCCCCc1ccc(C(=O)C(C)(C)CN(C)C)cc1. The number of aryl methyl sites for hydroxylation is 1. The standard InChI is InChI=1S/C19H31NO/c1-6-7-8-9-10-16-11-13-17(14-12-16)18(21)19(2,3)15-20(4)5/h11-14H,6-10,15H2,1-5H3. The van der Waals surface area contributed by atoms with Crippen LogP contribution in [0.1, 0.15) is 62.4 Å². The molecule has 0 aromatic heterocycles. The summed E-state index contributed by atoms with van der Waals surface area (Å²) in [6, 6.07) is 8.22. The highest BCUT2D eigenvalue weighted by molar-refractivity contribution is 6.00. The maximum Gasteiger partial charge on any atom is 0.169 e. The number of hydrogen-bond acceptors (Lipinski definition) is 2. The van der Waals surface area contributed by atoms with Gasteiger partial charge in [-0.1, -0.05) is 64.3 Å². The van der Waals surface area contributed by atoms with Crippen molar-refractivity contribution in [3.05, 3.63) is 35.4 Å². The third-order valence-electron chi connectivity index (χ3n) is 3.86. The highest BCUT2D eigenvalue weighted by Gasteiger charge is 2.29. The molecule has 0 saturated carbocycles. The smallest absolute Gasteiger partial charge is 0.169 e. The maximum atomic E-state index is 12.6. The average Bonchev–Trinajstić information content (AvgIpc) is 2.42. The van der Waals surface area contributed by atoms with Gasteiger partial charge in [-0.15, -0.1) is 0 Å². The number of hydrogen-bond donors (Lipinski definition) is 0. The molecule has 0 spiro atoms. The molecule has 1 aromatic rings. The van der Waals surface area contributed by atoms with E-state index in [0.717, 1.165) is 18.5 Å². The van der Waals surface area contributed by atoms with E-state index in [0.29, 0.717) is 0 Å². The molecule has 0 saturated heterocycles. The molecule has 1 rings (SSSR count). The van der Waals surface area contributed by atoms with E-state index in [2.05, 4.69) is 24.0 Å². The lowest BCUT2D eigenvalue weighted by Crippen LogP contribution is -2.35. The van der Waals surface area contributed by atoms with E-state index < -0.39 is 0 Å². The van der Waals surface area contributed by atoms with E-state index in [-0.39, 0.29) is 11.2 Å². The van der Waals surface area contributed by atoms with E-state index in [1.807, 2.05) is 40.1 Å². The molecule has 0 unspecified atom stereocenters. The van der Waals surface area contributed by atoms with Crippen LogP contribution in [0.3, 0.4) is 0 Å². The van der Waals surface area contributed by atoms with Crippen LogP contribution in [-0.2, 0) is 6.42 Å². The summed E-state index contributed by atoms with van der Waals surface area (Å²) in [6.45, 7) is 7.04. The van der Waals surface area contributed by atoms with Gasteiger partial charge < -0.3 is 4.90 Å². The zero-order valence-electron chi connectivity index (χ0n) is 14.4. The Balaban J connectivity index is 2.62. The van der Waals surface area contributed by atoms with Crippen LogP contribution < -0.4 is 0 Å². The van der Waals surface area contributed by atoms with Crippen LogP contribution in [0.5, 0.6) is 0 Å². The number of ketones is 1. The second kappa shape index (κ2) is 8.33. The Morgan fingerprint density at radius 2 is 1.67 bits per heavy atom. The first-order valence-corrected chi connectivity index (χ1v) is 8.15. The first-order valence-electron chi connectivity index (χ1n) is 8.15. The third-order valence-corrected chi connectivity index (χ3v) is 3.86. The molecule has 0 atom stereocenters. The quantitative estimate of drug-likeness (QED) is 0.490. The first kappa shape index (κ1) is 17.9. The predicted octanol–water partition coefficient (Wildman–Crippen LogP) is 4.58. The first-order chi connectivity index (χ1) is 9.86. The summed E-state index contributed by atoms with van der Waals surface area (Å²) in [5, 5.41) is 0.